The highest BCUT2D eigenvalue weighted by Crippen LogP contribution is 2.26. The van der Waals surface area contributed by atoms with Crippen LogP contribution in [0.3, 0.4) is 0 Å². The number of amides is 1. The summed E-state index contributed by atoms with van der Waals surface area (Å²) in [5.74, 6) is -1.28. The molecule has 1 unspecified atom stereocenters. The summed E-state index contributed by atoms with van der Waals surface area (Å²) in [6.45, 7) is 0. The van der Waals surface area contributed by atoms with E-state index in [2.05, 4.69) is 10.3 Å². The molecule has 132 valence electrons. The fourth-order valence-corrected chi connectivity index (χ4v) is 3.73. The number of carbonyl (C=O) groups excluding carboxylic acids is 1. The molecule has 1 N–H and O–H groups in total. The quantitative estimate of drug-likeness (QED) is 0.621. The molecule has 0 aliphatic rings. The Balaban J connectivity index is 1.83. The van der Waals surface area contributed by atoms with Crippen molar-refractivity contribution in [1.82, 2.24) is 4.98 Å². The van der Waals surface area contributed by atoms with Gasteiger partial charge in [0.15, 0.2) is 0 Å². The third-order valence-corrected chi connectivity index (χ3v) is 5.57. The SMILES string of the molecule is O=C(Nc1ccc(Cl)nc1)c1ccc(S(=O)c2ccccc2Cl)c(F)c1. The maximum absolute atomic E-state index is 14.4. The fourth-order valence-electron chi connectivity index (χ4n) is 2.16. The number of carbonyl (C=O) groups is 1. The monoisotopic (exact) mass is 408 g/mol. The minimum absolute atomic E-state index is 0.0530. The second-order valence-electron chi connectivity index (χ2n) is 5.17. The molecule has 0 radical (unpaired) electrons. The van der Waals surface area contributed by atoms with Gasteiger partial charge in [-0.2, -0.15) is 0 Å². The van der Waals surface area contributed by atoms with Gasteiger partial charge < -0.3 is 5.32 Å². The van der Waals surface area contributed by atoms with Gasteiger partial charge in [0.2, 0.25) is 0 Å². The second-order valence-corrected chi connectivity index (χ2v) is 7.38. The van der Waals surface area contributed by atoms with Gasteiger partial charge >= 0.3 is 0 Å². The maximum atomic E-state index is 14.4. The molecular weight excluding hydrogens is 398 g/mol. The van der Waals surface area contributed by atoms with E-state index in [9.17, 15) is 13.4 Å². The van der Waals surface area contributed by atoms with Crippen molar-refractivity contribution in [2.75, 3.05) is 5.32 Å². The van der Waals surface area contributed by atoms with Crippen LogP contribution in [-0.2, 0) is 10.8 Å². The first-order valence-electron chi connectivity index (χ1n) is 7.34. The Morgan fingerprint density at radius 3 is 2.46 bits per heavy atom. The van der Waals surface area contributed by atoms with Crippen LogP contribution in [0.25, 0.3) is 0 Å². The lowest BCUT2D eigenvalue weighted by Crippen LogP contribution is -2.13. The molecule has 0 saturated carbocycles. The van der Waals surface area contributed by atoms with Gasteiger partial charge in [-0.05, 0) is 42.5 Å². The van der Waals surface area contributed by atoms with Crippen LogP contribution in [0.2, 0.25) is 10.2 Å². The lowest BCUT2D eigenvalue weighted by molar-refractivity contribution is 0.102. The van der Waals surface area contributed by atoms with Crippen molar-refractivity contribution in [1.29, 1.82) is 0 Å². The van der Waals surface area contributed by atoms with Crippen LogP contribution >= 0.6 is 23.2 Å². The molecule has 1 amide bonds. The topological polar surface area (TPSA) is 59.1 Å². The first kappa shape index (κ1) is 18.5. The number of rotatable bonds is 4. The molecule has 0 fully saturated rings. The first-order valence-corrected chi connectivity index (χ1v) is 9.25. The first-order chi connectivity index (χ1) is 12.5. The van der Waals surface area contributed by atoms with Crippen LogP contribution in [0.1, 0.15) is 10.4 Å². The van der Waals surface area contributed by atoms with Gasteiger partial charge in [0.05, 0.1) is 37.5 Å². The average Bonchev–Trinajstić information content (AvgIpc) is 2.63. The molecule has 0 aliphatic carbocycles. The van der Waals surface area contributed by atoms with E-state index in [1.807, 2.05) is 0 Å². The molecule has 8 heteroatoms. The smallest absolute Gasteiger partial charge is 0.255 e. The number of anilines is 1. The van der Waals surface area contributed by atoms with E-state index < -0.39 is 22.5 Å². The summed E-state index contributed by atoms with van der Waals surface area (Å²) in [5, 5.41) is 3.15. The Labute approximate surface area is 161 Å². The molecule has 1 aromatic heterocycles. The highest BCUT2D eigenvalue weighted by Gasteiger charge is 2.17. The Bertz CT molecular complexity index is 997. The van der Waals surface area contributed by atoms with Crippen molar-refractivity contribution in [3.8, 4) is 0 Å². The number of aromatic nitrogens is 1. The zero-order chi connectivity index (χ0) is 18.7. The Morgan fingerprint density at radius 1 is 1.04 bits per heavy atom. The highest BCUT2D eigenvalue weighted by atomic mass is 35.5. The summed E-state index contributed by atoms with van der Waals surface area (Å²) in [4.78, 5) is 16.3. The summed E-state index contributed by atoms with van der Waals surface area (Å²) < 4.78 is 27.0. The lowest BCUT2D eigenvalue weighted by Gasteiger charge is -2.08. The molecule has 0 spiro atoms. The number of pyridine rings is 1. The number of hydrogen-bond acceptors (Lipinski definition) is 3. The standard InChI is InChI=1S/C18H11Cl2FN2O2S/c19-13-3-1-2-4-15(13)26(25)16-7-5-11(9-14(16)21)18(24)23-12-6-8-17(20)22-10-12/h1-10H,(H,23,24). The Kier molecular flexibility index (Phi) is 5.66. The van der Waals surface area contributed by atoms with Crippen molar-refractivity contribution in [3.05, 3.63) is 82.4 Å². The number of nitrogens with one attached hydrogen (secondary N) is 1. The zero-order valence-electron chi connectivity index (χ0n) is 13.1. The van der Waals surface area contributed by atoms with E-state index in [-0.39, 0.29) is 15.5 Å². The van der Waals surface area contributed by atoms with E-state index >= 15 is 0 Å². The van der Waals surface area contributed by atoms with Crippen LogP contribution in [0.4, 0.5) is 10.1 Å². The summed E-state index contributed by atoms with van der Waals surface area (Å²) >= 11 is 11.7. The van der Waals surface area contributed by atoms with Gasteiger partial charge in [0, 0.05) is 5.56 Å². The van der Waals surface area contributed by atoms with Crippen molar-refractivity contribution in [3.63, 3.8) is 0 Å². The summed E-state index contributed by atoms with van der Waals surface area (Å²) in [5.41, 5.74) is 0.501. The van der Waals surface area contributed by atoms with Gasteiger partial charge in [0.1, 0.15) is 11.0 Å². The van der Waals surface area contributed by atoms with Gasteiger partial charge in [-0.25, -0.2) is 13.6 Å². The predicted octanol–water partition coefficient (Wildman–Crippen LogP) is 4.95. The van der Waals surface area contributed by atoms with E-state index in [1.165, 1.54) is 24.4 Å². The molecule has 0 saturated heterocycles. The Morgan fingerprint density at radius 2 is 1.81 bits per heavy atom. The summed E-state index contributed by atoms with van der Waals surface area (Å²) in [6, 6.07) is 13.3. The Hall–Kier alpha value is -2.28. The average molecular weight is 409 g/mol. The number of hydrogen-bond donors (Lipinski definition) is 1. The molecule has 1 atom stereocenters. The predicted molar refractivity (Wildman–Crippen MR) is 99.7 cm³/mol. The number of halogens is 3. The fraction of sp³-hybridized carbons (Fsp3) is 0. The van der Waals surface area contributed by atoms with Crippen LogP contribution < -0.4 is 5.32 Å². The van der Waals surface area contributed by atoms with Crippen LogP contribution in [-0.4, -0.2) is 15.1 Å². The van der Waals surface area contributed by atoms with E-state index in [0.29, 0.717) is 15.7 Å². The third kappa shape index (κ3) is 4.09. The number of benzene rings is 2. The van der Waals surface area contributed by atoms with Crippen LogP contribution in [0.5, 0.6) is 0 Å². The molecule has 1 heterocycles. The second kappa shape index (κ2) is 7.95. The number of nitrogens with zero attached hydrogens (tertiary/aromatic N) is 1. The molecule has 2 aromatic carbocycles. The van der Waals surface area contributed by atoms with Gasteiger partial charge in [-0.3, -0.25) is 4.79 Å². The van der Waals surface area contributed by atoms with Crippen LogP contribution in [0, 0.1) is 5.82 Å². The normalized spacial score (nSPS) is 11.8. The van der Waals surface area contributed by atoms with Crippen molar-refractivity contribution >= 4 is 45.6 Å². The largest absolute Gasteiger partial charge is 0.321 e. The van der Waals surface area contributed by atoms with E-state index in [0.717, 1.165) is 6.07 Å². The minimum atomic E-state index is -1.80. The zero-order valence-corrected chi connectivity index (χ0v) is 15.4. The van der Waals surface area contributed by atoms with Gasteiger partial charge in [0.25, 0.3) is 5.91 Å². The maximum Gasteiger partial charge on any atom is 0.255 e. The molecule has 4 nitrogen and oxygen atoms in total. The van der Waals surface area contributed by atoms with Crippen LogP contribution in [0.15, 0.2) is 70.6 Å². The molecule has 0 bridgehead atoms. The van der Waals surface area contributed by atoms with Crippen molar-refractivity contribution in [2.45, 2.75) is 9.79 Å². The van der Waals surface area contributed by atoms with Crippen molar-refractivity contribution < 1.29 is 13.4 Å². The van der Waals surface area contributed by atoms with E-state index in [1.54, 1.807) is 30.3 Å². The third-order valence-electron chi connectivity index (χ3n) is 3.42. The van der Waals surface area contributed by atoms with Crippen molar-refractivity contribution in [2.24, 2.45) is 0 Å². The molecule has 26 heavy (non-hydrogen) atoms. The van der Waals surface area contributed by atoms with Gasteiger partial charge in [-0.15, -0.1) is 0 Å². The van der Waals surface area contributed by atoms with E-state index in [4.69, 9.17) is 23.2 Å². The minimum Gasteiger partial charge on any atom is -0.321 e. The lowest BCUT2D eigenvalue weighted by atomic mass is 10.2. The molecule has 3 aromatic rings. The summed E-state index contributed by atoms with van der Waals surface area (Å²) in [6.07, 6.45) is 1.39. The summed E-state index contributed by atoms with van der Waals surface area (Å²) in [7, 11) is -1.80. The molecule has 3 rings (SSSR count). The molecule has 0 aliphatic heterocycles. The highest BCUT2D eigenvalue weighted by molar-refractivity contribution is 7.85. The van der Waals surface area contributed by atoms with Gasteiger partial charge in [-0.1, -0.05) is 35.3 Å². The molecular formula is C18H11Cl2FN2O2S.